The molecule has 26 nitrogen and oxygen atoms in total. The van der Waals surface area contributed by atoms with Gasteiger partial charge in [-0.15, -0.1) is 0 Å². The zero-order valence-corrected chi connectivity index (χ0v) is 71.0. The number of carbonyl (C=O) groups is 12. The summed E-state index contributed by atoms with van der Waals surface area (Å²) in [5.41, 5.74) is -1.70. The summed E-state index contributed by atoms with van der Waals surface area (Å²) in [6.45, 7) is 7.72. The summed E-state index contributed by atoms with van der Waals surface area (Å²) in [5, 5.41) is 8.62. The zero-order chi connectivity index (χ0) is 86.4. The molecule has 3 N–H and O–H groups in total. The van der Waals surface area contributed by atoms with Crippen molar-refractivity contribution in [3.8, 4) is 0 Å². The van der Waals surface area contributed by atoms with Crippen molar-refractivity contribution in [2.75, 3.05) is 101 Å². The van der Waals surface area contributed by atoms with E-state index in [0.717, 1.165) is 46.8 Å². The minimum atomic E-state index is -5.22. The number of fused-ring (bicyclic) bond motifs is 3. The Kier molecular flexibility index (Phi) is 33.9. The first-order valence-electron chi connectivity index (χ1n) is 43.8. The highest BCUT2D eigenvalue weighted by molar-refractivity contribution is 6.01. The lowest BCUT2D eigenvalue weighted by molar-refractivity contribution is -0.219. The Morgan fingerprint density at radius 3 is 1.79 bits per heavy atom. The highest BCUT2D eigenvalue weighted by atomic mass is 19.4. The average Bonchev–Trinajstić information content (AvgIpc) is 1.21. The largest absolute Gasteiger partial charge is 0.397 e. The predicted molar refractivity (Wildman–Crippen MR) is 420 cm³/mol. The first-order chi connectivity index (χ1) is 55.8. The van der Waals surface area contributed by atoms with Crippen LogP contribution in [0.5, 0.6) is 0 Å². The molecular weight excluding hydrogens is 1550 g/mol. The number of nitrogens with zero attached hydrogens (tertiary/aromatic N) is 9. The van der Waals surface area contributed by atoms with E-state index in [2.05, 4.69) is 16.0 Å². The molecule has 9 aliphatic rings. The van der Waals surface area contributed by atoms with Crippen LogP contribution in [0.3, 0.4) is 0 Å². The van der Waals surface area contributed by atoms with Gasteiger partial charge in [0.05, 0.1) is 44.7 Å². The van der Waals surface area contributed by atoms with E-state index < -0.39 is 230 Å². The number of morpholine rings is 1. The number of halogens is 8. The average molecular weight is 1690 g/mol. The third-order valence-corrected chi connectivity index (χ3v) is 27.4. The number of carbonyl (C=O) groups excluding carboxylic acids is 12. The van der Waals surface area contributed by atoms with Gasteiger partial charge in [0.1, 0.15) is 72.1 Å². The molecule has 0 aromatic carbocycles. The first-order valence-corrected chi connectivity index (χ1v) is 43.8. The van der Waals surface area contributed by atoms with Crippen molar-refractivity contribution in [2.24, 2.45) is 47.3 Å². The van der Waals surface area contributed by atoms with Gasteiger partial charge in [-0.3, -0.25) is 57.5 Å². The Bertz CT molecular complexity index is 3450. The lowest BCUT2D eigenvalue weighted by Gasteiger charge is -2.47. The van der Waals surface area contributed by atoms with Crippen molar-refractivity contribution in [1.29, 1.82) is 0 Å². The quantitative estimate of drug-likeness (QED) is 0.122. The Hall–Kier alpha value is -7.00. The minimum Gasteiger partial charge on any atom is -0.378 e. The molecule has 668 valence electrons. The van der Waals surface area contributed by atoms with Crippen LogP contribution < -0.4 is 16.0 Å². The highest BCUT2D eigenvalue weighted by Gasteiger charge is 2.57. The van der Waals surface area contributed by atoms with Crippen molar-refractivity contribution in [1.82, 2.24) is 60.0 Å². The molecule has 12 atom stereocenters. The fourth-order valence-corrected chi connectivity index (χ4v) is 20.0. The van der Waals surface area contributed by atoms with Gasteiger partial charge in [0.2, 0.25) is 70.9 Å². The number of alkyl halides is 8. The van der Waals surface area contributed by atoms with E-state index in [4.69, 9.17) is 9.47 Å². The SMILES string of the molecule is CCO[C@@H]1C[C@H]2C(=O)NC3(CCC3)C(=O)N(C)[C@@H](C3CCCC3)C(=O)N(CCC3CCCCC3)[C@H](C(=O)N3CCOCC3)CC(=O)N(C)[C@@H](CC(C)C)C(=O)N[C@@H]([C@@H](C)CC)C(=O)N(C)CC(=O)N(C)[C@H]3CCCCCN(C3=O)[C@@H](CC3CCC(C(F)(F)F)CC3)C(=O)N(C)CC(=O)N[C@@H](CCC3CC(F)C(C(F)(F)F)C(F)C3)C(=O)N2C1. The number of amides is 12. The molecule has 4 aliphatic heterocycles. The van der Waals surface area contributed by atoms with Gasteiger partial charge >= 0.3 is 12.4 Å². The molecule has 4 heterocycles. The summed E-state index contributed by atoms with van der Waals surface area (Å²) in [4.78, 5) is 198. The molecule has 2 bridgehead atoms. The number of likely N-dealkylation sites (N-methyl/N-ethyl adjacent to an activating group) is 5. The molecule has 0 aromatic heterocycles. The maximum Gasteiger partial charge on any atom is 0.397 e. The number of nitrogens with one attached hydrogen (secondary N) is 3. The molecule has 5 aliphatic carbocycles. The fraction of sp³-hybridized carbons (Fsp3) is 0.857. The molecule has 4 saturated heterocycles. The highest BCUT2D eigenvalue weighted by Crippen LogP contribution is 2.46. The summed E-state index contributed by atoms with van der Waals surface area (Å²) in [5.74, 6) is -16.4. The van der Waals surface area contributed by atoms with Crippen LogP contribution in [0.2, 0.25) is 0 Å². The Morgan fingerprint density at radius 1 is 0.576 bits per heavy atom. The van der Waals surface area contributed by atoms with Crippen LogP contribution in [0, 0.1) is 47.3 Å². The van der Waals surface area contributed by atoms with Gasteiger partial charge in [0.25, 0.3) is 0 Å². The van der Waals surface area contributed by atoms with Gasteiger partial charge < -0.3 is 69.5 Å². The van der Waals surface area contributed by atoms with Crippen LogP contribution in [0.4, 0.5) is 35.1 Å². The van der Waals surface area contributed by atoms with E-state index in [0.29, 0.717) is 64.2 Å². The molecule has 0 aromatic rings. The second kappa shape index (κ2) is 42.2. The number of hydrogen-bond donors (Lipinski definition) is 3. The van der Waals surface area contributed by atoms with Crippen molar-refractivity contribution < 1.29 is 102 Å². The molecule has 34 heteroatoms. The van der Waals surface area contributed by atoms with Crippen LogP contribution in [0.15, 0.2) is 0 Å². The summed E-state index contributed by atoms with van der Waals surface area (Å²) in [6, 6.07) is -11.3. The van der Waals surface area contributed by atoms with E-state index in [1.165, 1.54) is 59.7 Å². The second-order valence-corrected chi connectivity index (χ2v) is 36.1. The van der Waals surface area contributed by atoms with Crippen molar-refractivity contribution >= 4 is 70.9 Å². The number of ether oxygens (including phenoxy) is 2. The van der Waals surface area contributed by atoms with E-state index in [1.807, 2.05) is 13.8 Å². The van der Waals surface area contributed by atoms with Crippen LogP contribution in [0.1, 0.15) is 227 Å². The maximum atomic E-state index is 16.6. The van der Waals surface area contributed by atoms with Crippen LogP contribution in [-0.2, 0) is 67.0 Å². The smallest absolute Gasteiger partial charge is 0.378 e. The second-order valence-electron chi connectivity index (χ2n) is 36.1. The van der Waals surface area contributed by atoms with Gasteiger partial charge in [0.15, 0.2) is 0 Å². The standard InChI is InChI=1S/C84H132F8N12O14/c1-11-52(5)71-79(114)97(7)50-69(107)98(8)62-26-17-14-20-36-102(78(62)113)65(45-54-27-30-57(31-28-54)83(87,88)89)76(111)96(6)49-67(105)93-61(32-29-55-43-59(85)70(60(86)44-55)84(90,91)92)75(110)104-48-58(118-12-2)46-64(104)74(109)95-82(34-21-35-82)81(116)100(10)72(56-24-18-19-25-56)80(115)103(37-33-53-22-15-13-16-23-53)66(77(112)101-38-40-117-41-39-101)47-68(106)99(9)63(42-51(3)4)73(108)94-71/h51-66,70-72H,11-50H2,1-10H3,(H,93,105)(H,94,108)(H,95,109)/t52-,54?,55?,57?,58+,59?,60?,61-,62-,63-,64-,65-,66-,70?,71-,72-/m0/s1. The molecule has 1 spiro atoms. The minimum absolute atomic E-state index is 0.000602. The summed E-state index contributed by atoms with van der Waals surface area (Å²) in [7, 11) is 6.89. The number of rotatable bonds is 16. The van der Waals surface area contributed by atoms with E-state index in [-0.39, 0.29) is 135 Å². The van der Waals surface area contributed by atoms with Crippen LogP contribution >= 0.6 is 0 Å². The van der Waals surface area contributed by atoms with Gasteiger partial charge in [-0.25, -0.2) is 8.78 Å². The molecule has 9 fully saturated rings. The molecular formula is C84H132F8N12O14. The molecule has 118 heavy (non-hydrogen) atoms. The lowest BCUT2D eigenvalue weighted by Crippen LogP contribution is -2.68. The monoisotopic (exact) mass is 1680 g/mol. The van der Waals surface area contributed by atoms with Crippen LogP contribution in [-0.4, -0.2) is 301 Å². The molecule has 9 rings (SSSR count). The lowest BCUT2D eigenvalue weighted by atomic mass is 9.74. The van der Waals surface area contributed by atoms with Gasteiger partial charge in [-0.05, 0) is 158 Å². The van der Waals surface area contributed by atoms with Crippen molar-refractivity contribution in [3.63, 3.8) is 0 Å². The molecule has 12 amide bonds. The molecule has 2 unspecified atom stereocenters. The summed E-state index contributed by atoms with van der Waals surface area (Å²) in [6.07, 6.45) is -10.1. The van der Waals surface area contributed by atoms with E-state index >= 15 is 56.7 Å². The molecule has 5 saturated carbocycles. The van der Waals surface area contributed by atoms with Gasteiger partial charge in [-0.1, -0.05) is 91.9 Å². The zero-order valence-electron chi connectivity index (χ0n) is 71.0. The predicted octanol–water partition coefficient (Wildman–Crippen LogP) is 8.69. The van der Waals surface area contributed by atoms with Crippen molar-refractivity contribution in [3.05, 3.63) is 0 Å². The van der Waals surface area contributed by atoms with Crippen LogP contribution in [0.25, 0.3) is 0 Å². The normalized spacial score (nSPS) is 31.9. The third kappa shape index (κ3) is 23.6. The Balaban J connectivity index is 1.14. The Morgan fingerprint density at radius 2 is 1.19 bits per heavy atom. The van der Waals surface area contributed by atoms with E-state index in [9.17, 15) is 35.9 Å². The van der Waals surface area contributed by atoms with Crippen molar-refractivity contribution in [2.45, 2.75) is 312 Å². The van der Waals surface area contributed by atoms with Gasteiger partial charge in [-0.2, -0.15) is 26.3 Å². The topological polar surface area (TPSA) is 289 Å². The van der Waals surface area contributed by atoms with E-state index in [1.54, 1.807) is 25.7 Å². The summed E-state index contributed by atoms with van der Waals surface area (Å²) < 4.78 is 128. The first kappa shape index (κ1) is 94.8. The summed E-state index contributed by atoms with van der Waals surface area (Å²) >= 11 is 0. The van der Waals surface area contributed by atoms with Gasteiger partial charge in [0, 0.05) is 81.0 Å². The Labute approximate surface area is 690 Å². The molecule has 0 radical (unpaired) electrons. The fourth-order valence-electron chi connectivity index (χ4n) is 20.0. The maximum absolute atomic E-state index is 16.6. The third-order valence-electron chi connectivity index (χ3n) is 27.4. The number of hydrogen-bond acceptors (Lipinski definition) is 14.